The second-order valence-corrected chi connectivity index (χ2v) is 19.7. The van der Waals surface area contributed by atoms with Crippen LogP contribution in [0.15, 0.2) is 67.0 Å². The van der Waals surface area contributed by atoms with E-state index in [0.29, 0.717) is 60.9 Å². The smallest absolute Gasteiger partial charge is 0.318 e. The SMILES string of the molecule is C#Cc1ccc(CNC(=O)[C@@H]2C[C@@H](O)CN2C(=O)[C@@H](NC(=O)N2CCC(N3CCC(c4cnc(N5CCc6[nH]c7nnc(-c8ccccc8O)cc7c6[C@H]5CO)nc4)CC3)CC2)C(C)(C)C)cc1. The zero-order chi connectivity index (χ0) is 47.7. The molecule has 4 aliphatic rings. The highest BCUT2D eigenvalue weighted by Crippen LogP contribution is 2.39. The van der Waals surface area contributed by atoms with E-state index in [1.807, 2.05) is 57.4 Å². The van der Waals surface area contributed by atoms with Crippen LogP contribution in [0.25, 0.3) is 22.3 Å². The number of aromatic amines is 1. The number of aliphatic hydroxyl groups excluding tert-OH is 2. The van der Waals surface area contributed by atoms with Gasteiger partial charge in [0.25, 0.3) is 0 Å². The van der Waals surface area contributed by atoms with E-state index in [1.54, 1.807) is 35.2 Å². The third-order valence-corrected chi connectivity index (χ3v) is 14.4. The number of aromatic hydroxyl groups is 1. The van der Waals surface area contributed by atoms with Crippen molar-refractivity contribution >= 4 is 34.8 Å². The summed E-state index contributed by atoms with van der Waals surface area (Å²) in [7, 11) is 0. The van der Waals surface area contributed by atoms with Gasteiger partial charge >= 0.3 is 6.03 Å². The van der Waals surface area contributed by atoms with Gasteiger partial charge in [0.05, 0.1) is 24.4 Å². The fourth-order valence-electron chi connectivity index (χ4n) is 10.5. The number of phenols is 1. The number of anilines is 1. The van der Waals surface area contributed by atoms with Gasteiger partial charge in [-0.05, 0) is 91.6 Å². The Hall–Kier alpha value is -6.61. The molecule has 3 aromatic heterocycles. The van der Waals surface area contributed by atoms with E-state index in [-0.39, 0.29) is 49.7 Å². The second kappa shape index (κ2) is 19.5. The maximum Gasteiger partial charge on any atom is 0.318 e. The molecular weight excluding hydrogens is 863 g/mol. The fraction of sp³-hybridized carbons (Fsp3) is 0.471. The number of terminal acetylenes is 1. The summed E-state index contributed by atoms with van der Waals surface area (Å²) in [6.07, 6.45) is 12.8. The van der Waals surface area contributed by atoms with Gasteiger partial charge in [-0.3, -0.25) is 9.59 Å². The van der Waals surface area contributed by atoms with Gasteiger partial charge in [-0.15, -0.1) is 16.6 Å². The molecule has 5 aromatic rings. The van der Waals surface area contributed by atoms with Crippen LogP contribution < -0.4 is 15.5 Å². The topological polar surface area (TPSA) is 216 Å². The van der Waals surface area contributed by atoms with E-state index in [2.05, 4.69) is 41.5 Å². The highest BCUT2D eigenvalue weighted by atomic mass is 16.3. The number of phenolic OH excluding ortho intramolecular Hbond substituents is 1. The largest absolute Gasteiger partial charge is 0.507 e. The molecule has 9 rings (SSSR count). The minimum atomic E-state index is -0.911. The summed E-state index contributed by atoms with van der Waals surface area (Å²) in [5.41, 5.74) is 5.72. The van der Waals surface area contributed by atoms with Crippen LogP contribution in [0.5, 0.6) is 5.75 Å². The van der Waals surface area contributed by atoms with Crippen LogP contribution in [0.1, 0.15) is 92.8 Å². The molecule has 3 saturated heterocycles. The van der Waals surface area contributed by atoms with Gasteiger partial charge in [0, 0.05) is 91.8 Å². The van der Waals surface area contributed by atoms with Crippen LogP contribution >= 0.6 is 0 Å². The number of carbonyl (C=O) groups excluding carboxylic acids is 3. The molecule has 0 spiro atoms. The van der Waals surface area contributed by atoms with E-state index in [4.69, 9.17) is 16.4 Å². The maximum absolute atomic E-state index is 14.2. The number of para-hydroxylation sites is 1. The maximum atomic E-state index is 14.2. The first-order valence-corrected chi connectivity index (χ1v) is 23.8. The molecule has 0 radical (unpaired) electrons. The molecule has 68 heavy (non-hydrogen) atoms. The van der Waals surface area contributed by atoms with Crippen molar-refractivity contribution in [1.82, 2.24) is 50.5 Å². The molecular formula is C51H61N11O6. The summed E-state index contributed by atoms with van der Waals surface area (Å²) in [6.45, 7) is 9.37. The predicted molar refractivity (Wildman–Crippen MR) is 256 cm³/mol. The Morgan fingerprint density at radius 2 is 1.68 bits per heavy atom. The minimum Gasteiger partial charge on any atom is -0.507 e. The fourth-order valence-corrected chi connectivity index (χ4v) is 10.5. The number of rotatable bonds is 10. The molecule has 4 amide bonds. The molecule has 3 fully saturated rings. The number of fused-ring (bicyclic) bond motifs is 3. The average Bonchev–Trinajstić information content (AvgIpc) is 3.94. The van der Waals surface area contributed by atoms with Gasteiger partial charge in [-0.1, -0.05) is 51.0 Å². The van der Waals surface area contributed by atoms with Crippen molar-refractivity contribution in [3.8, 4) is 29.4 Å². The van der Waals surface area contributed by atoms with Gasteiger partial charge < -0.3 is 50.5 Å². The van der Waals surface area contributed by atoms with Crippen LogP contribution in [-0.2, 0) is 22.6 Å². The zero-order valence-electron chi connectivity index (χ0n) is 38.9. The number of likely N-dealkylation sites (tertiary alicyclic amines) is 3. The lowest BCUT2D eigenvalue weighted by atomic mass is 9.85. The summed E-state index contributed by atoms with van der Waals surface area (Å²) in [5.74, 6) is 2.82. The Morgan fingerprint density at radius 1 is 0.956 bits per heavy atom. The number of H-pyrrole nitrogens is 1. The van der Waals surface area contributed by atoms with Crippen LogP contribution in [0, 0.1) is 17.8 Å². The number of piperidine rings is 2. The second-order valence-electron chi connectivity index (χ2n) is 19.7. The van der Waals surface area contributed by atoms with Gasteiger partial charge in [-0.2, -0.15) is 0 Å². The Balaban J connectivity index is 0.767. The highest BCUT2D eigenvalue weighted by molar-refractivity contribution is 5.93. The molecule has 7 heterocycles. The lowest BCUT2D eigenvalue weighted by molar-refractivity contribution is -0.142. The molecule has 4 atom stereocenters. The summed E-state index contributed by atoms with van der Waals surface area (Å²) in [4.78, 5) is 62.3. The van der Waals surface area contributed by atoms with E-state index in [0.717, 1.165) is 72.1 Å². The summed E-state index contributed by atoms with van der Waals surface area (Å²) in [6, 6.07) is 14.1. The van der Waals surface area contributed by atoms with Crippen molar-refractivity contribution in [3.63, 3.8) is 0 Å². The number of hydrogen-bond donors (Lipinski definition) is 6. The van der Waals surface area contributed by atoms with Crippen molar-refractivity contribution in [2.24, 2.45) is 5.41 Å². The molecule has 0 aliphatic carbocycles. The van der Waals surface area contributed by atoms with Gasteiger partial charge in [0.15, 0.2) is 5.65 Å². The van der Waals surface area contributed by atoms with E-state index in [1.165, 1.54) is 4.90 Å². The number of amides is 4. The molecule has 17 nitrogen and oxygen atoms in total. The number of carbonyl (C=O) groups is 3. The molecule has 356 valence electrons. The summed E-state index contributed by atoms with van der Waals surface area (Å²) < 4.78 is 0. The van der Waals surface area contributed by atoms with Crippen LogP contribution in [0.4, 0.5) is 10.7 Å². The Labute approximate surface area is 396 Å². The normalized spacial score (nSPS) is 21.1. The van der Waals surface area contributed by atoms with Crippen LogP contribution in [0.3, 0.4) is 0 Å². The summed E-state index contributed by atoms with van der Waals surface area (Å²) in [5, 5.41) is 47.4. The molecule has 0 unspecified atom stereocenters. The number of β-amino-alcohol motifs (C(OH)–C–C–N with tert-alkyl or cyclic N) is 1. The Bertz CT molecular complexity index is 2660. The summed E-state index contributed by atoms with van der Waals surface area (Å²) >= 11 is 0. The van der Waals surface area contributed by atoms with Crippen molar-refractivity contribution in [1.29, 1.82) is 0 Å². The lowest BCUT2D eigenvalue weighted by Crippen LogP contribution is -2.60. The first-order valence-electron chi connectivity index (χ1n) is 23.8. The van der Waals surface area contributed by atoms with Gasteiger partial charge in [0.1, 0.15) is 17.8 Å². The third-order valence-electron chi connectivity index (χ3n) is 14.4. The van der Waals surface area contributed by atoms with Crippen LogP contribution in [-0.4, -0.2) is 143 Å². The van der Waals surface area contributed by atoms with Crippen molar-refractivity contribution in [3.05, 3.63) is 94.9 Å². The Morgan fingerprint density at radius 3 is 2.35 bits per heavy atom. The monoisotopic (exact) mass is 923 g/mol. The number of benzene rings is 2. The number of urea groups is 1. The molecule has 6 N–H and O–H groups in total. The van der Waals surface area contributed by atoms with E-state index in [9.17, 15) is 29.7 Å². The number of nitrogens with zero attached hydrogens (tertiary/aromatic N) is 8. The average molecular weight is 924 g/mol. The quantitative estimate of drug-likeness (QED) is 0.109. The number of aromatic nitrogens is 5. The van der Waals surface area contributed by atoms with Crippen molar-refractivity contribution in [2.45, 2.75) is 102 Å². The zero-order valence-corrected chi connectivity index (χ0v) is 38.9. The van der Waals surface area contributed by atoms with E-state index >= 15 is 0 Å². The molecule has 4 aliphatic heterocycles. The highest BCUT2D eigenvalue weighted by Gasteiger charge is 2.45. The van der Waals surface area contributed by atoms with Gasteiger partial charge in [0.2, 0.25) is 17.8 Å². The molecule has 2 aromatic carbocycles. The number of aliphatic hydroxyl groups is 2. The predicted octanol–water partition coefficient (Wildman–Crippen LogP) is 4.24. The minimum absolute atomic E-state index is 0.00914. The lowest BCUT2D eigenvalue weighted by Gasteiger charge is -2.42. The first kappa shape index (κ1) is 46.5. The van der Waals surface area contributed by atoms with Crippen LogP contribution in [0.2, 0.25) is 0 Å². The van der Waals surface area contributed by atoms with Gasteiger partial charge in [-0.25, -0.2) is 14.8 Å². The molecule has 0 bridgehead atoms. The van der Waals surface area contributed by atoms with E-state index < -0.39 is 29.6 Å². The van der Waals surface area contributed by atoms with Crippen molar-refractivity contribution < 1.29 is 29.7 Å². The van der Waals surface area contributed by atoms with Crippen molar-refractivity contribution in [2.75, 3.05) is 50.8 Å². The molecule has 17 heteroatoms. The first-order chi connectivity index (χ1) is 32.8. The molecule has 0 saturated carbocycles. The number of hydrogen-bond acceptors (Lipinski definition) is 12. The third kappa shape index (κ3) is 9.58. The number of nitrogens with one attached hydrogen (secondary N) is 3. The Kier molecular flexibility index (Phi) is 13.4. The standard InChI is InChI=1S/C51H61N11O6/c1-5-31-10-12-32(13-11-31)26-52-47(66)41-24-36(64)29-62(41)48(67)45(51(2,3)4)56-50(68)60-21-16-35(17-22-60)59-19-14-33(15-20-59)34-27-53-49(54-28-34)61-23-18-39-44(42(61)30-63)38-25-40(57-58-46(38)55-39)37-8-6-7-9-43(37)65/h1,6-13,25,27-28,33,35-36,41-42,45,63-65H,14-24,26,29-30H2,2-4H3,(H,52,66)(H,55,58)(H,56,68)/t36-,41+,42-,45-/m1/s1.